The molecule has 0 radical (unpaired) electrons. The van der Waals surface area contributed by atoms with Gasteiger partial charge >= 0.3 is 0 Å². The zero-order chi connectivity index (χ0) is 16.4. The number of fused-ring (bicyclic) bond motifs is 1. The Balaban J connectivity index is 1.72. The van der Waals surface area contributed by atoms with Gasteiger partial charge in [0, 0.05) is 4.88 Å². The summed E-state index contributed by atoms with van der Waals surface area (Å²) in [5.74, 6) is -0.0127. The maximum absolute atomic E-state index is 12.5. The molecule has 2 heterocycles. The molecule has 0 aliphatic heterocycles. The quantitative estimate of drug-likeness (QED) is 0.782. The second-order valence-electron chi connectivity index (χ2n) is 5.49. The lowest BCUT2D eigenvalue weighted by Gasteiger charge is -2.14. The van der Waals surface area contributed by atoms with Gasteiger partial charge in [0.1, 0.15) is 6.04 Å². The topological polar surface area (TPSA) is 59.8 Å². The lowest BCUT2D eigenvalue weighted by molar-refractivity contribution is -0.123. The molecule has 0 aliphatic rings. The third-order valence-electron chi connectivity index (χ3n) is 3.92. The molecule has 2 aromatic heterocycles. The summed E-state index contributed by atoms with van der Waals surface area (Å²) >= 11 is 1.65. The van der Waals surface area contributed by atoms with E-state index in [1.807, 2.05) is 42.7 Å². The average molecular weight is 328 g/mol. The first kappa shape index (κ1) is 15.7. The van der Waals surface area contributed by atoms with Crippen LogP contribution in [0.25, 0.3) is 11.0 Å². The summed E-state index contributed by atoms with van der Waals surface area (Å²) in [5, 5.41) is 4.06. The molecule has 0 saturated heterocycles. The summed E-state index contributed by atoms with van der Waals surface area (Å²) in [6, 6.07) is 7.53. The minimum absolute atomic E-state index is 0.0127. The van der Waals surface area contributed by atoms with Gasteiger partial charge in [-0.2, -0.15) is 0 Å². The Labute approximate surface area is 139 Å². The number of rotatable bonds is 5. The zero-order valence-corrected chi connectivity index (χ0v) is 14.4. The summed E-state index contributed by atoms with van der Waals surface area (Å²) < 4.78 is 1.91. The van der Waals surface area contributed by atoms with Gasteiger partial charge in [0.25, 0.3) is 0 Å². The smallest absolute Gasteiger partial charge is 0.243 e. The van der Waals surface area contributed by atoms with E-state index in [1.54, 1.807) is 17.7 Å². The maximum Gasteiger partial charge on any atom is 0.243 e. The van der Waals surface area contributed by atoms with Gasteiger partial charge in [-0.25, -0.2) is 9.97 Å². The highest BCUT2D eigenvalue weighted by Crippen LogP contribution is 2.20. The van der Waals surface area contributed by atoms with E-state index in [0.29, 0.717) is 6.54 Å². The van der Waals surface area contributed by atoms with E-state index >= 15 is 0 Å². The number of para-hydroxylation sites is 2. The molecule has 1 aromatic carbocycles. The number of imidazole rings is 1. The summed E-state index contributed by atoms with van der Waals surface area (Å²) in [5.41, 5.74) is 2.95. The van der Waals surface area contributed by atoms with Gasteiger partial charge in [-0.05, 0) is 32.4 Å². The van der Waals surface area contributed by atoms with Crippen molar-refractivity contribution in [1.29, 1.82) is 0 Å². The molecule has 0 saturated carbocycles. The van der Waals surface area contributed by atoms with E-state index in [4.69, 9.17) is 0 Å². The van der Waals surface area contributed by atoms with Crippen LogP contribution < -0.4 is 5.32 Å². The highest BCUT2D eigenvalue weighted by atomic mass is 32.1. The second-order valence-corrected chi connectivity index (χ2v) is 6.78. The molecule has 3 aromatic rings. The van der Waals surface area contributed by atoms with Crippen LogP contribution in [0.2, 0.25) is 0 Å². The number of hydrogen-bond acceptors (Lipinski definition) is 4. The summed E-state index contributed by atoms with van der Waals surface area (Å²) in [6.07, 6.45) is 2.61. The average Bonchev–Trinajstić information content (AvgIpc) is 3.14. The fraction of sp³-hybridized carbons (Fsp3) is 0.353. The Hall–Kier alpha value is -2.21. The number of nitrogens with zero attached hydrogens (tertiary/aromatic N) is 3. The van der Waals surface area contributed by atoms with E-state index in [2.05, 4.69) is 22.2 Å². The third kappa shape index (κ3) is 3.12. The van der Waals surface area contributed by atoms with Crippen molar-refractivity contribution < 1.29 is 4.79 Å². The maximum atomic E-state index is 12.5. The fourth-order valence-electron chi connectivity index (χ4n) is 2.66. The molecule has 0 spiro atoms. The Kier molecular flexibility index (Phi) is 4.43. The molecule has 1 N–H and O–H groups in total. The number of aryl methyl sites for hydroxylation is 2. The molecule has 3 rings (SSSR count). The molecule has 0 unspecified atom stereocenters. The number of hydrogen-bond donors (Lipinski definition) is 1. The first-order valence-corrected chi connectivity index (χ1v) is 8.56. The first-order valence-electron chi connectivity index (χ1n) is 7.74. The summed E-state index contributed by atoms with van der Waals surface area (Å²) in [6.45, 7) is 6.50. The van der Waals surface area contributed by atoms with Gasteiger partial charge in [0.15, 0.2) is 0 Å². The Bertz CT molecular complexity index is 836. The molecule has 120 valence electrons. The first-order chi connectivity index (χ1) is 11.1. The SMILES string of the molecule is CCc1nc(C)sc1CNC(=O)[C@@H](C)n1cnc2ccccc21. The minimum atomic E-state index is -0.304. The molecule has 0 fully saturated rings. The van der Waals surface area contributed by atoms with Crippen LogP contribution in [0.3, 0.4) is 0 Å². The van der Waals surface area contributed by atoms with Gasteiger partial charge in [0.05, 0.1) is 34.6 Å². The monoisotopic (exact) mass is 328 g/mol. The van der Waals surface area contributed by atoms with Crippen molar-refractivity contribution in [2.24, 2.45) is 0 Å². The summed E-state index contributed by atoms with van der Waals surface area (Å²) in [7, 11) is 0. The van der Waals surface area contributed by atoms with Gasteiger partial charge in [-0.15, -0.1) is 11.3 Å². The third-order valence-corrected chi connectivity index (χ3v) is 4.93. The van der Waals surface area contributed by atoms with Crippen LogP contribution in [-0.2, 0) is 17.8 Å². The fourth-order valence-corrected chi connectivity index (χ4v) is 3.62. The number of aromatic nitrogens is 3. The van der Waals surface area contributed by atoms with E-state index < -0.39 is 0 Å². The van der Waals surface area contributed by atoms with Crippen LogP contribution in [0.4, 0.5) is 0 Å². The van der Waals surface area contributed by atoms with Crippen LogP contribution in [0, 0.1) is 6.92 Å². The number of carbonyl (C=O) groups excluding carboxylic acids is 1. The Morgan fingerprint density at radius 1 is 1.39 bits per heavy atom. The van der Waals surface area contributed by atoms with Crippen molar-refractivity contribution in [2.75, 3.05) is 0 Å². The number of thiazole rings is 1. The van der Waals surface area contributed by atoms with Crippen LogP contribution >= 0.6 is 11.3 Å². The van der Waals surface area contributed by atoms with Crippen LogP contribution in [0.5, 0.6) is 0 Å². The molecule has 1 atom stereocenters. The van der Waals surface area contributed by atoms with E-state index in [-0.39, 0.29) is 11.9 Å². The van der Waals surface area contributed by atoms with Crippen molar-refractivity contribution >= 4 is 28.3 Å². The van der Waals surface area contributed by atoms with Gasteiger partial charge in [0.2, 0.25) is 5.91 Å². The van der Waals surface area contributed by atoms with E-state index in [1.165, 1.54) is 0 Å². The molecular weight excluding hydrogens is 308 g/mol. The summed E-state index contributed by atoms with van der Waals surface area (Å²) in [4.78, 5) is 22.5. The van der Waals surface area contributed by atoms with Crippen molar-refractivity contribution in [3.05, 3.63) is 46.2 Å². The molecular formula is C17H20N4OS. The van der Waals surface area contributed by atoms with E-state index in [0.717, 1.165) is 33.0 Å². The highest BCUT2D eigenvalue weighted by molar-refractivity contribution is 7.11. The Morgan fingerprint density at radius 2 is 2.17 bits per heavy atom. The largest absolute Gasteiger partial charge is 0.349 e. The van der Waals surface area contributed by atoms with Gasteiger partial charge in [-0.3, -0.25) is 4.79 Å². The molecule has 23 heavy (non-hydrogen) atoms. The standard InChI is InChI=1S/C17H20N4OS/c1-4-13-16(23-12(3)20-13)9-18-17(22)11(2)21-10-19-14-7-5-6-8-15(14)21/h5-8,10-11H,4,9H2,1-3H3,(H,18,22)/t11-/m1/s1. The van der Waals surface area contributed by atoms with E-state index in [9.17, 15) is 4.79 Å². The number of benzene rings is 1. The van der Waals surface area contributed by atoms with Crippen LogP contribution in [-0.4, -0.2) is 20.4 Å². The molecule has 0 aliphatic carbocycles. The van der Waals surface area contributed by atoms with Crippen molar-refractivity contribution in [1.82, 2.24) is 19.9 Å². The normalized spacial score (nSPS) is 12.5. The van der Waals surface area contributed by atoms with Crippen molar-refractivity contribution in [2.45, 2.75) is 39.8 Å². The molecule has 0 bridgehead atoms. The minimum Gasteiger partial charge on any atom is -0.349 e. The van der Waals surface area contributed by atoms with Crippen LogP contribution in [0.1, 0.15) is 35.5 Å². The number of nitrogens with one attached hydrogen (secondary N) is 1. The lowest BCUT2D eigenvalue weighted by Crippen LogP contribution is -2.30. The number of amides is 1. The van der Waals surface area contributed by atoms with Crippen molar-refractivity contribution in [3.63, 3.8) is 0 Å². The highest BCUT2D eigenvalue weighted by Gasteiger charge is 2.17. The van der Waals surface area contributed by atoms with Gasteiger partial charge < -0.3 is 9.88 Å². The van der Waals surface area contributed by atoms with Gasteiger partial charge in [-0.1, -0.05) is 19.1 Å². The lowest BCUT2D eigenvalue weighted by atomic mass is 10.2. The Morgan fingerprint density at radius 3 is 2.96 bits per heavy atom. The van der Waals surface area contributed by atoms with Crippen molar-refractivity contribution in [3.8, 4) is 0 Å². The molecule has 6 heteroatoms. The predicted octanol–water partition coefficient (Wildman–Crippen LogP) is 3.24. The van der Waals surface area contributed by atoms with Crippen LogP contribution in [0.15, 0.2) is 30.6 Å². The number of carbonyl (C=O) groups is 1. The molecule has 1 amide bonds. The second kappa shape index (κ2) is 6.50. The molecule has 5 nitrogen and oxygen atoms in total. The zero-order valence-electron chi connectivity index (χ0n) is 13.5. The predicted molar refractivity (Wildman–Crippen MR) is 92.5 cm³/mol.